The van der Waals surface area contributed by atoms with Crippen LogP contribution in [0, 0.1) is 0 Å². The predicted octanol–water partition coefficient (Wildman–Crippen LogP) is 2.72. The second-order valence-corrected chi connectivity index (χ2v) is 5.96. The first-order valence-electron chi connectivity index (χ1n) is 7.99. The fourth-order valence-corrected chi connectivity index (χ4v) is 2.73. The maximum atomic E-state index is 3.45. The van der Waals surface area contributed by atoms with Crippen LogP contribution in [-0.2, 0) is 6.54 Å². The average Bonchev–Trinajstić information content (AvgIpc) is 2.48. The van der Waals surface area contributed by atoms with Crippen molar-refractivity contribution in [3.63, 3.8) is 0 Å². The third-order valence-corrected chi connectivity index (χ3v) is 4.10. The van der Waals surface area contributed by atoms with Gasteiger partial charge in [0.15, 0.2) is 0 Å². The minimum atomic E-state index is 0.671. The standard InChI is InChI=1S/C17H29N3/c1-4-9-18-14-16-5-7-17(8-6-16)20-12-10-19(11-13-20)15(2)3/h5-8,15,18H,4,9-14H2,1-3H3. The smallest absolute Gasteiger partial charge is 0.0367 e. The summed E-state index contributed by atoms with van der Waals surface area (Å²) in [5.41, 5.74) is 2.75. The number of rotatable bonds is 6. The maximum Gasteiger partial charge on any atom is 0.0367 e. The van der Waals surface area contributed by atoms with Gasteiger partial charge in [0.2, 0.25) is 0 Å². The van der Waals surface area contributed by atoms with Gasteiger partial charge < -0.3 is 10.2 Å². The van der Waals surface area contributed by atoms with Gasteiger partial charge in [0, 0.05) is 44.5 Å². The van der Waals surface area contributed by atoms with Gasteiger partial charge in [-0.1, -0.05) is 19.1 Å². The predicted molar refractivity (Wildman–Crippen MR) is 87.4 cm³/mol. The number of hydrogen-bond donors (Lipinski definition) is 1. The highest BCUT2D eigenvalue weighted by Crippen LogP contribution is 2.18. The van der Waals surface area contributed by atoms with Gasteiger partial charge in [0.25, 0.3) is 0 Å². The Labute approximate surface area is 124 Å². The molecule has 0 bridgehead atoms. The molecule has 1 fully saturated rings. The summed E-state index contributed by atoms with van der Waals surface area (Å²) in [5.74, 6) is 0. The van der Waals surface area contributed by atoms with Gasteiger partial charge in [-0.3, -0.25) is 4.90 Å². The highest BCUT2D eigenvalue weighted by Gasteiger charge is 2.18. The Morgan fingerprint density at radius 2 is 1.70 bits per heavy atom. The summed E-state index contributed by atoms with van der Waals surface area (Å²) < 4.78 is 0. The molecule has 0 saturated carbocycles. The van der Waals surface area contributed by atoms with Crippen molar-refractivity contribution in [2.24, 2.45) is 0 Å². The number of anilines is 1. The van der Waals surface area contributed by atoms with Crippen LogP contribution in [0.2, 0.25) is 0 Å². The van der Waals surface area contributed by atoms with E-state index in [4.69, 9.17) is 0 Å². The Balaban J connectivity index is 1.84. The zero-order valence-electron chi connectivity index (χ0n) is 13.2. The second kappa shape index (κ2) is 7.65. The lowest BCUT2D eigenvalue weighted by molar-refractivity contribution is 0.209. The summed E-state index contributed by atoms with van der Waals surface area (Å²) in [4.78, 5) is 5.06. The third kappa shape index (κ3) is 4.22. The van der Waals surface area contributed by atoms with Crippen molar-refractivity contribution in [2.75, 3.05) is 37.6 Å². The van der Waals surface area contributed by atoms with Crippen LogP contribution in [0.15, 0.2) is 24.3 Å². The van der Waals surface area contributed by atoms with E-state index >= 15 is 0 Å². The van der Waals surface area contributed by atoms with E-state index in [1.165, 1.54) is 30.8 Å². The fourth-order valence-electron chi connectivity index (χ4n) is 2.73. The molecule has 3 heteroatoms. The first-order chi connectivity index (χ1) is 9.70. The molecule has 1 saturated heterocycles. The molecule has 0 spiro atoms. The van der Waals surface area contributed by atoms with Gasteiger partial charge in [-0.25, -0.2) is 0 Å². The van der Waals surface area contributed by atoms with Crippen molar-refractivity contribution in [1.29, 1.82) is 0 Å². The van der Waals surface area contributed by atoms with E-state index in [-0.39, 0.29) is 0 Å². The molecule has 112 valence electrons. The van der Waals surface area contributed by atoms with E-state index in [0.717, 1.165) is 26.2 Å². The van der Waals surface area contributed by atoms with Gasteiger partial charge in [-0.15, -0.1) is 0 Å². The number of nitrogens with one attached hydrogen (secondary N) is 1. The molecule has 0 aromatic heterocycles. The minimum Gasteiger partial charge on any atom is -0.369 e. The van der Waals surface area contributed by atoms with Crippen LogP contribution in [0.25, 0.3) is 0 Å². The number of benzene rings is 1. The van der Waals surface area contributed by atoms with Crippen LogP contribution >= 0.6 is 0 Å². The summed E-state index contributed by atoms with van der Waals surface area (Å²) in [6.07, 6.45) is 1.19. The summed E-state index contributed by atoms with van der Waals surface area (Å²) in [7, 11) is 0. The lowest BCUT2D eigenvalue weighted by Crippen LogP contribution is -2.48. The number of piperazine rings is 1. The molecule has 1 aliphatic heterocycles. The van der Waals surface area contributed by atoms with Gasteiger partial charge in [-0.05, 0) is 44.5 Å². The molecule has 1 aliphatic rings. The van der Waals surface area contributed by atoms with Crippen molar-refractivity contribution in [1.82, 2.24) is 10.2 Å². The zero-order chi connectivity index (χ0) is 14.4. The van der Waals surface area contributed by atoms with Crippen molar-refractivity contribution in [3.05, 3.63) is 29.8 Å². The Morgan fingerprint density at radius 3 is 2.25 bits per heavy atom. The molecule has 2 rings (SSSR count). The van der Waals surface area contributed by atoms with Crippen LogP contribution in [0.1, 0.15) is 32.8 Å². The molecule has 1 N–H and O–H groups in total. The van der Waals surface area contributed by atoms with Crippen molar-refractivity contribution in [3.8, 4) is 0 Å². The van der Waals surface area contributed by atoms with E-state index in [0.29, 0.717) is 6.04 Å². The quantitative estimate of drug-likeness (QED) is 0.805. The number of hydrogen-bond acceptors (Lipinski definition) is 3. The summed E-state index contributed by atoms with van der Waals surface area (Å²) >= 11 is 0. The van der Waals surface area contributed by atoms with Gasteiger partial charge in [0.05, 0.1) is 0 Å². The molecule has 3 nitrogen and oxygen atoms in total. The van der Waals surface area contributed by atoms with Crippen molar-refractivity contribution >= 4 is 5.69 Å². The average molecular weight is 275 g/mol. The van der Waals surface area contributed by atoms with E-state index in [9.17, 15) is 0 Å². The summed E-state index contributed by atoms with van der Waals surface area (Å²) in [6, 6.07) is 9.73. The molecule has 1 aromatic carbocycles. The summed E-state index contributed by atoms with van der Waals surface area (Å²) in [6.45, 7) is 13.5. The molecule has 0 atom stereocenters. The Bertz CT molecular complexity index is 378. The second-order valence-electron chi connectivity index (χ2n) is 5.96. The van der Waals surface area contributed by atoms with Gasteiger partial charge in [0.1, 0.15) is 0 Å². The van der Waals surface area contributed by atoms with Crippen LogP contribution in [0.3, 0.4) is 0 Å². The monoisotopic (exact) mass is 275 g/mol. The van der Waals surface area contributed by atoms with Crippen LogP contribution in [0.5, 0.6) is 0 Å². The van der Waals surface area contributed by atoms with Crippen LogP contribution < -0.4 is 10.2 Å². The lowest BCUT2D eigenvalue weighted by atomic mass is 10.1. The molecule has 0 amide bonds. The topological polar surface area (TPSA) is 18.5 Å². The largest absolute Gasteiger partial charge is 0.369 e. The molecular formula is C17H29N3. The first kappa shape index (κ1) is 15.3. The minimum absolute atomic E-state index is 0.671. The highest BCUT2D eigenvalue weighted by molar-refractivity contribution is 5.48. The highest BCUT2D eigenvalue weighted by atomic mass is 15.3. The molecule has 0 aliphatic carbocycles. The van der Waals surface area contributed by atoms with Crippen LogP contribution in [0.4, 0.5) is 5.69 Å². The van der Waals surface area contributed by atoms with Crippen molar-refractivity contribution in [2.45, 2.75) is 39.8 Å². The molecule has 0 radical (unpaired) electrons. The fraction of sp³-hybridized carbons (Fsp3) is 0.647. The number of nitrogens with zero attached hydrogens (tertiary/aromatic N) is 2. The summed E-state index contributed by atoms with van der Waals surface area (Å²) in [5, 5.41) is 3.45. The SMILES string of the molecule is CCCNCc1ccc(N2CCN(C(C)C)CC2)cc1. The van der Waals surface area contributed by atoms with E-state index in [1.807, 2.05) is 0 Å². The molecule has 20 heavy (non-hydrogen) atoms. The Kier molecular flexibility index (Phi) is 5.86. The van der Waals surface area contributed by atoms with Crippen LogP contribution in [-0.4, -0.2) is 43.7 Å². The van der Waals surface area contributed by atoms with E-state index < -0.39 is 0 Å². The van der Waals surface area contributed by atoms with E-state index in [1.54, 1.807) is 0 Å². The molecule has 0 unspecified atom stereocenters. The molecule has 1 aromatic rings. The molecule has 1 heterocycles. The first-order valence-corrected chi connectivity index (χ1v) is 7.99. The third-order valence-electron chi connectivity index (χ3n) is 4.10. The lowest BCUT2D eigenvalue weighted by Gasteiger charge is -2.38. The van der Waals surface area contributed by atoms with E-state index in [2.05, 4.69) is 60.2 Å². The van der Waals surface area contributed by atoms with Gasteiger partial charge >= 0.3 is 0 Å². The zero-order valence-corrected chi connectivity index (χ0v) is 13.2. The normalized spacial score (nSPS) is 16.9. The Morgan fingerprint density at radius 1 is 1.05 bits per heavy atom. The maximum absolute atomic E-state index is 3.45. The Hall–Kier alpha value is -1.06. The van der Waals surface area contributed by atoms with Gasteiger partial charge in [-0.2, -0.15) is 0 Å². The van der Waals surface area contributed by atoms with Crippen molar-refractivity contribution < 1.29 is 0 Å². The molecular weight excluding hydrogens is 246 g/mol.